The standard InChI is InChI=1S/C17H14N4S2/c18-23-12-7-5-11(6-8-12)19-17-9-15(20-21-17)14-10-22-16-4-2-1-3-13(14)16/h1-10H,18H2,(H2,19,20,21). The summed E-state index contributed by atoms with van der Waals surface area (Å²) in [6.45, 7) is 0. The SMILES string of the molecule is NSc1ccc(Nc2cc(-c3csc4ccccc34)[nH]n2)cc1. The number of anilines is 2. The lowest BCUT2D eigenvalue weighted by Gasteiger charge is -2.02. The average Bonchev–Trinajstić information content (AvgIpc) is 3.22. The number of fused-ring (bicyclic) bond motifs is 1. The second-order valence-corrected chi connectivity index (χ2v) is 6.70. The summed E-state index contributed by atoms with van der Waals surface area (Å²) in [7, 11) is 0. The first-order valence-electron chi connectivity index (χ1n) is 7.09. The van der Waals surface area contributed by atoms with E-state index >= 15 is 0 Å². The van der Waals surface area contributed by atoms with Crippen molar-refractivity contribution in [2.24, 2.45) is 5.14 Å². The number of rotatable bonds is 4. The first-order valence-corrected chi connectivity index (χ1v) is 8.85. The van der Waals surface area contributed by atoms with E-state index in [4.69, 9.17) is 5.14 Å². The van der Waals surface area contributed by atoms with Gasteiger partial charge in [-0.3, -0.25) is 10.2 Å². The van der Waals surface area contributed by atoms with Crippen molar-refractivity contribution in [3.63, 3.8) is 0 Å². The van der Waals surface area contributed by atoms with Gasteiger partial charge in [-0.25, -0.2) is 0 Å². The van der Waals surface area contributed by atoms with Crippen LogP contribution in [0.1, 0.15) is 0 Å². The maximum Gasteiger partial charge on any atom is 0.152 e. The van der Waals surface area contributed by atoms with Gasteiger partial charge in [0.15, 0.2) is 5.82 Å². The zero-order valence-electron chi connectivity index (χ0n) is 12.1. The Morgan fingerprint density at radius 1 is 1.09 bits per heavy atom. The number of hydrogen-bond acceptors (Lipinski definition) is 5. The van der Waals surface area contributed by atoms with Crippen molar-refractivity contribution in [2.75, 3.05) is 5.32 Å². The maximum atomic E-state index is 5.54. The molecule has 6 heteroatoms. The van der Waals surface area contributed by atoms with Crippen molar-refractivity contribution in [1.29, 1.82) is 0 Å². The van der Waals surface area contributed by atoms with E-state index in [2.05, 4.69) is 45.2 Å². The van der Waals surface area contributed by atoms with Crippen molar-refractivity contribution in [1.82, 2.24) is 10.2 Å². The topological polar surface area (TPSA) is 66.7 Å². The summed E-state index contributed by atoms with van der Waals surface area (Å²) < 4.78 is 1.28. The predicted octanol–water partition coefficient (Wildman–Crippen LogP) is 5.00. The Kier molecular flexibility index (Phi) is 3.78. The van der Waals surface area contributed by atoms with Gasteiger partial charge in [-0.05, 0) is 42.3 Å². The highest BCUT2D eigenvalue weighted by molar-refractivity contribution is 7.97. The summed E-state index contributed by atoms with van der Waals surface area (Å²) in [5.41, 5.74) is 3.18. The molecule has 0 unspecified atom stereocenters. The molecule has 2 aromatic carbocycles. The van der Waals surface area contributed by atoms with Crippen LogP contribution in [0.3, 0.4) is 0 Å². The second-order valence-electron chi connectivity index (χ2n) is 5.08. The molecule has 0 saturated heterocycles. The number of nitrogens with two attached hydrogens (primary N) is 1. The van der Waals surface area contributed by atoms with Gasteiger partial charge in [0.25, 0.3) is 0 Å². The molecule has 0 radical (unpaired) electrons. The minimum atomic E-state index is 0.795. The van der Waals surface area contributed by atoms with E-state index in [1.165, 1.54) is 27.6 Å². The summed E-state index contributed by atoms with van der Waals surface area (Å²) in [5.74, 6) is 0.795. The number of nitrogens with zero attached hydrogens (tertiary/aromatic N) is 1. The van der Waals surface area contributed by atoms with Crippen molar-refractivity contribution >= 4 is 44.9 Å². The third-order valence-electron chi connectivity index (χ3n) is 3.61. The minimum absolute atomic E-state index is 0.795. The number of hydrogen-bond donors (Lipinski definition) is 3. The van der Waals surface area contributed by atoms with Crippen LogP contribution in [0.2, 0.25) is 0 Å². The fourth-order valence-corrected chi connectivity index (χ4v) is 3.73. The number of nitrogens with one attached hydrogen (secondary N) is 2. The third-order valence-corrected chi connectivity index (χ3v) is 5.12. The number of H-pyrrole nitrogens is 1. The van der Waals surface area contributed by atoms with Gasteiger partial charge in [0.1, 0.15) is 0 Å². The van der Waals surface area contributed by atoms with Gasteiger partial charge in [0.2, 0.25) is 0 Å². The predicted molar refractivity (Wildman–Crippen MR) is 99.2 cm³/mol. The van der Waals surface area contributed by atoms with Gasteiger partial charge in [-0.15, -0.1) is 11.3 Å². The van der Waals surface area contributed by atoms with E-state index in [-0.39, 0.29) is 0 Å². The molecule has 2 aromatic heterocycles. The van der Waals surface area contributed by atoms with Gasteiger partial charge >= 0.3 is 0 Å². The smallest absolute Gasteiger partial charge is 0.152 e. The third kappa shape index (κ3) is 2.84. The highest BCUT2D eigenvalue weighted by Gasteiger charge is 2.09. The molecule has 0 fully saturated rings. The van der Waals surface area contributed by atoms with Gasteiger partial charge in [0, 0.05) is 37.7 Å². The molecule has 4 rings (SSSR count). The molecule has 2 heterocycles. The van der Waals surface area contributed by atoms with E-state index in [1.54, 1.807) is 11.3 Å². The summed E-state index contributed by atoms with van der Waals surface area (Å²) in [4.78, 5) is 1.03. The monoisotopic (exact) mass is 338 g/mol. The Morgan fingerprint density at radius 2 is 1.91 bits per heavy atom. The number of aromatic amines is 1. The highest BCUT2D eigenvalue weighted by Crippen LogP contribution is 2.33. The van der Waals surface area contributed by atoms with Gasteiger partial charge < -0.3 is 5.32 Å². The molecule has 0 spiro atoms. The summed E-state index contributed by atoms with van der Waals surface area (Å²) in [5, 5.41) is 19.7. The van der Waals surface area contributed by atoms with Crippen molar-refractivity contribution in [3.05, 3.63) is 60.0 Å². The molecule has 0 amide bonds. The molecule has 0 aliphatic rings. The van der Waals surface area contributed by atoms with Crippen LogP contribution in [-0.2, 0) is 0 Å². The highest BCUT2D eigenvalue weighted by atomic mass is 32.2. The molecular weight excluding hydrogens is 324 g/mol. The Bertz CT molecular complexity index is 941. The van der Waals surface area contributed by atoms with Crippen LogP contribution in [0, 0.1) is 0 Å². The molecule has 4 aromatic rings. The fraction of sp³-hybridized carbons (Fsp3) is 0. The molecule has 0 saturated carbocycles. The average molecular weight is 338 g/mol. The lowest BCUT2D eigenvalue weighted by molar-refractivity contribution is 1.10. The van der Waals surface area contributed by atoms with Crippen LogP contribution in [0.25, 0.3) is 21.3 Å². The largest absolute Gasteiger partial charge is 0.339 e. The zero-order valence-corrected chi connectivity index (χ0v) is 13.7. The van der Waals surface area contributed by atoms with E-state index < -0.39 is 0 Å². The van der Waals surface area contributed by atoms with Crippen LogP contribution in [-0.4, -0.2) is 10.2 Å². The molecule has 0 atom stereocenters. The molecule has 4 nitrogen and oxygen atoms in total. The van der Waals surface area contributed by atoms with Crippen molar-refractivity contribution in [3.8, 4) is 11.3 Å². The number of thiophene rings is 1. The Hall–Kier alpha value is -2.28. The Morgan fingerprint density at radius 3 is 2.74 bits per heavy atom. The zero-order chi connectivity index (χ0) is 15.6. The van der Waals surface area contributed by atoms with Gasteiger partial charge in [0.05, 0.1) is 5.69 Å². The van der Waals surface area contributed by atoms with Crippen LogP contribution < -0.4 is 10.5 Å². The van der Waals surface area contributed by atoms with E-state index in [0.29, 0.717) is 0 Å². The van der Waals surface area contributed by atoms with Gasteiger partial charge in [-0.1, -0.05) is 18.2 Å². The summed E-state index contributed by atoms with van der Waals surface area (Å²) in [6.07, 6.45) is 0. The van der Waals surface area contributed by atoms with Crippen molar-refractivity contribution < 1.29 is 0 Å². The van der Waals surface area contributed by atoms with Crippen LogP contribution in [0.5, 0.6) is 0 Å². The molecule has 23 heavy (non-hydrogen) atoms. The quantitative estimate of drug-likeness (QED) is 0.458. The first kappa shape index (κ1) is 14.3. The van der Waals surface area contributed by atoms with Gasteiger partial charge in [-0.2, -0.15) is 5.10 Å². The lowest BCUT2D eigenvalue weighted by atomic mass is 10.1. The molecule has 0 bridgehead atoms. The van der Waals surface area contributed by atoms with E-state index in [1.807, 2.05) is 30.3 Å². The summed E-state index contributed by atoms with van der Waals surface area (Å²) >= 11 is 2.98. The second kappa shape index (κ2) is 6.08. The molecule has 0 aliphatic carbocycles. The molecular formula is C17H14N4S2. The van der Waals surface area contributed by atoms with E-state index in [0.717, 1.165) is 22.1 Å². The number of aromatic nitrogens is 2. The minimum Gasteiger partial charge on any atom is -0.339 e. The normalized spacial score (nSPS) is 11.0. The Balaban J connectivity index is 1.61. The fourth-order valence-electron chi connectivity index (χ4n) is 2.47. The van der Waals surface area contributed by atoms with E-state index in [9.17, 15) is 0 Å². The lowest BCUT2D eigenvalue weighted by Crippen LogP contribution is -1.90. The Labute approximate surface area is 141 Å². The molecule has 4 N–H and O–H groups in total. The number of benzene rings is 2. The van der Waals surface area contributed by atoms with Crippen LogP contribution in [0.15, 0.2) is 64.9 Å². The maximum absolute atomic E-state index is 5.54. The molecule has 114 valence electrons. The summed E-state index contributed by atoms with van der Waals surface area (Å²) in [6, 6.07) is 18.4. The molecule has 0 aliphatic heterocycles. The van der Waals surface area contributed by atoms with Crippen molar-refractivity contribution in [2.45, 2.75) is 4.90 Å². The van der Waals surface area contributed by atoms with Crippen LogP contribution in [0.4, 0.5) is 11.5 Å². The van der Waals surface area contributed by atoms with Crippen LogP contribution >= 0.6 is 23.3 Å². The first-order chi connectivity index (χ1) is 11.3.